The fourth-order valence-corrected chi connectivity index (χ4v) is 4.02. The third-order valence-electron chi connectivity index (χ3n) is 4.27. The summed E-state index contributed by atoms with van der Waals surface area (Å²) >= 11 is 1.92. The minimum atomic E-state index is 0.880. The van der Waals surface area contributed by atoms with E-state index in [1.54, 1.807) is 0 Å². The predicted molar refractivity (Wildman–Crippen MR) is 78.2 cm³/mol. The van der Waals surface area contributed by atoms with Crippen LogP contribution in [-0.4, -0.2) is 30.6 Å². The first kappa shape index (κ1) is 12.6. The number of nitrogens with one attached hydrogen (secondary N) is 1. The lowest BCUT2D eigenvalue weighted by atomic mass is 10.1. The topological polar surface area (TPSA) is 15.3 Å². The standard InChI is InChI=1S/C15H24N2S/c1-11-7-14(12(2)18-11)9-16-8-13-5-6-17(10-13)15-3-4-15/h7,13,15-16H,3-6,8-10H2,1-2H3. The van der Waals surface area contributed by atoms with Crippen molar-refractivity contribution in [1.82, 2.24) is 10.2 Å². The summed E-state index contributed by atoms with van der Waals surface area (Å²) in [5, 5.41) is 3.66. The van der Waals surface area contributed by atoms with Gasteiger partial charge in [0.1, 0.15) is 0 Å². The lowest BCUT2D eigenvalue weighted by molar-refractivity contribution is 0.312. The largest absolute Gasteiger partial charge is 0.312 e. The van der Waals surface area contributed by atoms with Crippen LogP contribution in [0.3, 0.4) is 0 Å². The van der Waals surface area contributed by atoms with Gasteiger partial charge >= 0.3 is 0 Å². The maximum atomic E-state index is 3.66. The van der Waals surface area contributed by atoms with Crippen LogP contribution >= 0.6 is 11.3 Å². The van der Waals surface area contributed by atoms with Crippen molar-refractivity contribution in [2.24, 2.45) is 5.92 Å². The molecule has 100 valence electrons. The average molecular weight is 264 g/mol. The van der Waals surface area contributed by atoms with Crippen LogP contribution in [-0.2, 0) is 6.54 Å². The van der Waals surface area contributed by atoms with Crippen molar-refractivity contribution < 1.29 is 0 Å². The summed E-state index contributed by atoms with van der Waals surface area (Å²) < 4.78 is 0. The van der Waals surface area contributed by atoms with E-state index in [1.165, 1.54) is 54.2 Å². The summed E-state index contributed by atoms with van der Waals surface area (Å²) in [6, 6.07) is 3.29. The summed E-state index contributed by atoms with van der Waals surface area (Å²) in [6.07, 6.45) is 4.30. The van der Waals surface area contributed by atoms with Crippen LogP contribution in [0.15, 0.2) is 6.07 Å². The van der Waals surface area contributed by atoms with Crippen molar-refractivity contribution in [2.75, 3.05) is 19.6 Å². The van der Waals surface area contributed by atoms with Crippen molar-refractivity contribution >= 4 is 11.3 Å². The number of hydrogen-bond donors (Lipinski definition) is 1. The normalized spacial score (nSPS) is 24.9. The van der Waals surface area contributed by atoms with Gasteiger partial charge < -0.3 is 10.2 Å². The molecule has 1 aromatic heterocycles. The Balaban J connectivity index is 1.41. The van der Waals surface area contributed by atoms with Crippen LogP contribution in [0.5, 0.6) is 0 Å². The summed E-state index contributed by atoms with van der Waals surface area (Å²) in [7, 11) is 0. The van der Waals surface area contributed by atoms with Gasteiger partial charge in [-0.15, -0.1) is 11.3 Å². The molecule has 0 aromatic carbocycles. The smallest absolute Gasteiger partial charge is 0.0216 e. The van der Waals surface area contributed by atoms with E-state index in [0.717, 1.165) is 18.5 Å². The molecule has 18 heavy (non-hydrogen) atoms. The zero-order valence-electron chi connectivity index (χ0n) is 11.5. The number of hydrogen-bond acceptors (Lipinski definition) is 3. The molecule has 2 nitrogen and oxygen atoms in total. The highest BCUT2D eigenvalue weighted by Crippen LogP contribution is 2.31. The minimum absolute atomic E-state index is 0.880. The average Bonchev–Trinajstić information content (AvgIpc) is 2.99. The van der Waals surface area contributed by atoms with Gasteiger partial charge in [-0.05, 0) is 63.7 Å². The molecule has 0 amide bonds. The molecule has 1 saturated carbocycles. The Labute approximate surface area is 114 Å². The first-order valence-corrected chi connectivity index (χ1v) is 8.04. The SMILES string of the molecule is Cc1cc(CNCC2CCN(C3CC3)C2)c(C)s1. The van der Waals surface area contributed by atoms with Gasteiger partial charge in [-0.25, -0.2) is 0 Å². The first-order chi connectivity index (χ1) is 8.72. The van der Waals surface area contributed by atoms with E-state index in [0.29, 0.717) is 0 Å². The van der Waals surface area contributed by atoms with Crippen LogP contribution in [0.25, 0.3) is 0 Å². The Morgan fingerprint density at radius 3 is 2.83 bits per heavy atom. The monoisotopic (exact) mass is 264 g/mol. The van der Waals surface area contributed by atoms with E-state index in [9.17, 15) is 0 Å². The second-order valence-corrected chi connectivity index (χ2v) is 7.41. The Kier molecular flexibility index (Phi) is 3.73. The number of nitrogens with zero attached hydrogens (tertiary/aromatic N) is 1. The Bertz CT molecular complexity index is 409. The van der Waals surface area contributed by atoms with Crippen molar-refractivity contribution in [1.29, 1.82) is 0 Å². The Hall–Kier alpha value is -0.380. The van der Waals surface area contributed by atoms with Crippen molar-refractivity contribution in [3.63, 3.8) is 0 Å². The molecule has 1 aromatic rings. The third kappa shape index (κ3) is 2.95. The maximum Gasteiger partial charge on any atom is 0.0216 e. The molecule has 1 N–H and O–H groups in total. The number of rotatable bonds is 5. The molecule has 1 aliphatic heterocycles. The summed E-state index contributed by atoms with van der Waals surface area (Å²) in [4.78, 5) is 5.61. The minimum Gasteiger partial charge on any atom is -0.312 e. The number of thiophene rings is 1. The highest BCUT2D eigenvalue weighted by atomic mass is 32.1. The molecule has 0 radical (unpaired) electrons. The quantitative estimate of drug-likeness (QED) is 0.879. The highest BCUT2D eigenvalue weighted by Gasteiger charge is 2.33. The van der Waals surface area contributed by atoms with E-state index in [1.807, 2.05) is 11.3 Å². The molecule has 3 heteroatoms. The van der Waals surface area contributed by atoms with Gasteiger partial charge in [-0.2, -0.15) is 0 Å². The second kappa shape index (κ2) is 5.32. The molecule has 2 aliphatic rings. The van der Waals surface area contributed by atoms with Crippen LogP contribution < -0.4 is 5.32 Å². The molecule has 3 rings (SSSR count). The fourth-order valence-electron chi connectivity index (χ4n) is 3.07. The molecular weight excluding hydrogens is 240 g/mol. The molecular formula is C15H24N2S. The second-order valence-electron chi connectivity index (χ2n) is 5.95. The third-order valence-corrected chi connectivity index (χ3v) is 5.28. The van der Waals surface area contributed by atoms with Crippen LogP contribution in [0, 0.1) is 19.8 Å². The van der Waals surface area contributed by atoms with E-state index in [-0.39, 0.29) is 0 Å². The molecule has 1 unspecified atom stereocenters. The van der Waals surface area contributed by atoms with E-state index in [2.05, 4.69) is 30.1 Å². The zero-order chi connectivity index (χ0) is 12.5. The summed E-state index contributed by atoms with van der Waals surface area (Å²) in [5.74, 6) is 0.880. The van der Waals surface area contributed by atoms with Gasteiger partial charge in [0.15, 0.2) is 0 Å². The van der Waals surface area contributed by atoms with Gasteiger partial charge in [0.2, 0.25) is 0 Å². The lowest BCUT2D eigenvalue weighted by Gasteiger charge is -2.15. The molecule has 2 heterocycles. The summed E-state index contributed by atoms with van der Waals surface area (Å²) in [5.41, 5.74) is 1.49. The van der Waals surface area contributed by atoms with Crippen molar-refractivity contribution in [3.8, 4) is 0 Å². The molecule has 1 saturated heterocycles. The summed E-state index contributed by atoms with van der Waals surface area (Å²) in [6.45, 7) is 9.35. The van der Waals surface area contributed by atoms with Crippen LogP contribution in [0.4, 0.5) is 0 Å². The highest BCUT2D eigenvalue weighted by molar-refractivity contribution is 7.12. The van der Waals surface area contributed by atoms with Crippen LogP contribution in [0.1, 0.15) is 34.6 Å². The van der Waals surface area contributed by atoms with E-state index >= 15 is 0 Å². The van der Waals surface area contributed by atoms with Gasteiger partial charge in [0.05, 0.1) is 0 Å². The molecule has 1 aliphatic carbocycles. The van der Waals surface area contributed by atoms with Gasteiger partial charge in [0.25, 0.3) is 0 Å². The van der Waals surface area contributed by atoms with Crippen LogP contribution in [0.2, 0.25) is 0 Å². The molecule has 0 bridgehead atoms. The van der Waals surface area contributed by atoms with Gasteiger partial charge in [0, 0.05) is 28.9 Å². The maximum absolute atomic E-state index is 3.66. The van der Waals surface area contributed by atoms with E-state index in [4.69, 9.17) is 0 Å². The van der Waals surface area contributed by atoms with E-state index < -0.39 is 0 Å². The Morgan fingerprint density at radius 1 is 1.33 bits per heavy atom. The van der Waals surface area contributed by atoms with Crippen molar-refractivity contribution in [2.45, 2.75) is 45.7 Å². The van der Waals surface area contributed by atoms with Gasteiger partial charge in [-0.1, -0.05) is 0 Å². The Morgan fingerprint density at radius 2 is 2.17 bits per heavy atom. The lowest BCUT2D eigenvalue weighted by Crippen LogP contribution is -2.27. The van der Waals surface area contributed by atoms with Gasteiger partial charge in [-0.3, -0.25) is 0 Å². The zero-order valence-corrected chi connectivity index (χ0v) is 12.4. The molecule has 1 atom stereocenters. The molecule has 0 spiro atoms. The predicted octanol–water partition coefficient (Wildman–Crippen LogP) is 2.94. The number of likely N-dealkylation sites (tertiary alicyclic amines) is 1. The first-order valence-electron chi connectivity index (χ1n) is 7.23. The fraction of sp³-hybridized carbons (Fsp3) is 0.733. The molecule has 2 fully saturated rings. The van der Waals surface area contributed by atoms with Crippen molar-refractivity contribution in [3.05, 3.63) is 21.4 Å². The number of aryl methyl sites for hydroxylation is 2.